The highest BCUT2D eigenvalue weighted by molar-refractivity contribution is 6.05. The van der Waals surface area contributed by atoms with E-state index in [0.717, 1.165) is 16.9 Å². The van der Waals surface area contributed by atoms with E-state index < -0.39 is 17.1 Å². The summed E-state index contributed by atoms with van der Waals surface area (Å²) in [4.78, 5) is 21.9. The van der Waals surface area contributed by atoms with Crippen molar-refractivity contribution in [2.45, 2.75) is 32.7 Å². The van der Waals surface area contributed by atoms with Gasteiger partial charge in [0.2, 0.25) is 0 Å². The number of nitrogens with zero attached hydrogens (tertiary/aromatic N) is 7. The molecule has 0 fully saturated rings. The number of H-pyrrole nitrogens is 1. The van der Waals surface area contributed by atoms with Gasteiger partial charge in [0, 0.05) is 23.6 Å². The Hall–Kier alpha value is -6.27. The highest BCUT2D eigenvalue weighted by atomic mass is 19.1. The molecule has 4 aromatic heterocycles. The second-order valence-electron chi connectivity index (χ2n) is 11.0. The summed E-state index contributed by atoms with van der Waals surface area (Å²) in [6.45, 7) is 5.69. The molecule has 0 bridgehead atoms. The molecule has 0 radical (unpaired) electrons. The molecular formula is C33H27FN10O. The van der Waals surface area contributed by atoms with Gasteiger partial charge >= 0.3 is 0 Å². The van der Waals surface area contributed by atoms with Crippen LogP contribution in [-0.2, 0) is 12.0 Å². The Morgan fingerprint density at radius 1 is 1.13 bits per heavy atom. The molecule has 11 nitrogen and oxygen atoms in total. The molecule has 0 aliphatic carbocycles. The van der Waals surface area contributed by atoms with Gasteiger partial charge in [-0.3, -0.25) is 14.3 Å². The monoisotopic (exact) mass is 598 g/mol. The number of amides is 1. The zero-order valence-electron chi connectivity index (χ0n) is 24.6. The minimum absolute atomic E-state index is 0.155. The molecule has 0 atom stereocenters. The van der Waals surface area contributed by atoms with Gasteiger partial charge in [-0.15, -0.1) is 0 Å². The Morgan fingerprint density at radius 3 is 2.76 bits per heavy atom. The third-order valence-electron chi connectivity index (χ3n) is 7.26. The van der Waals surface area contributed by atoms with Crippen LogP contribution in [0.5, 0.6) is 0 Å². The Labute approximate surface area is 257 Å². The maximum absolute atomic E-state index is 15.2. The number of aromatic amines is 1. The number of benzene rings is 2. The van der Waals surface area contributed by atoms with Crippen LogP contribution < -0.4 is 10.6 Å². The average Bonchev–Trinajstić information content (AvgIpc) is 3.80. The first-order chi connectivity index (χ1) is 21.7. The van der Waals surface area contributed by atoms with Crippen molar-refractivity contribution in [2.75, 3.05) is 10.6 Å². The number of carbonyl (C=O) groups is 1. The highest BCUT2D eigenvalue weighted by Gasteiger charge is 2.22. The lowest BCUT2D eigenvalue weighted by Crippen LogP contribution is -2.18. The molecule has 0 unspecified atom stereocenters. The van der Waals surface area contributed by atoms with Crippen molar-refractivity contribution >= 4 is 28.6 Å². The van der Waals surface area contributed by atoms with Gasteiger partial charge in [0.25, 0.3) is 5.91 Å². The summed E-state index contributed by atoms with van der Waals surface area (Å²) in [5.74, 6) is 4.89. The van der Waals surface area contributed by atoms with Crippen LogP contribution in [0.1, 0.15) is 52.2 Å². The zero-order valence-corrected chi connectivity index (χ0v) is 24.6. The largest absolute Gasteiger partial charge is 0.350 e. The van der Waals surface area contributed by atoms with E-state index in [4.69, 9.17) is 0 Å². The Bertz CT molecular complexity index is 2130. The Kier molecular flexibility index (Phi) is 7.55. The number of rotatable bonds is 7. The van der Waals surface area contributed by atoms with Gasteiger partial charge in [0.1, 0.15) is 24.2 Å². The van der Waals surface area contributed by atoms with Crippen molar-refractivity contribution < 1.29 is 9.18 Å². The lowest BCUT2D eigenvalue weighted by atomic mass is 9.85. The summed E-state index contributed by atoms with van der Waals surface area (Å²) in [5, 5.41) is 26.7. The molecule has 6 rings (SSSR count). The number of pyridine rings is 1. The van der Waals surface area contributed by atoms with Crippen LogP contribution in [0.3, 0.4) is 0 Å². The van der Waals surface area contributed by atoms with E-state index >= 15 is 4.39 Å². The molecule has 12 heteroatoms. The summed E-state index contributed by atoms with van der Waals surface area (Å²) in [6.07, 6.45) is 9.91. The minimum atomic E-state index is -0.830. The molecule has 0 saturated heterocycles. The third-order valence-corrected chi connectivity index (χ3v) is 7.26. The quantitative estimate of drug-likeness (QED) is 0.211. The van der Waals surface area contributed by atoms with Crippen molar-refractivity contribution in [1.29, 1.82) is 5.26 Å². The second kappa shape index (κ2) is 11.8. The molecule has 0 aliphatic heterocycles. The van der Waals surface area contributed by atoms with Gasteiger partial charge in [0.05, 0.1) is 47.4 Å². The van der Waals surface area contributed by atoms with Gasteiger partial charge in [-0.1, -0.05) is 12.0 Å². The first-order valence-corrected chi connectivity index (χ1v) is 13.9. The van der Waals surface area contributed by atoms with Gasteiger partial charge in [-0.25, -0.2) is 19.0 Å². The van der Waals surface area contributed by atoms with Crippen LogP contribution in [0.4, 0.5) is 21.5 Å². The number of halogens is 1. The van der Waals surface area contributed by atoms with E-state index in [1.165, 1.54) is 18.5 Å². The van der Waals surface area contributed by atoms with Crippen molar-refractivity contribution in [3.63, 3.8) is 0 Å². The maximum Gasteiger partial charge on any atom is 0.258 e. The molecule has 0 aliphatic rings. The molecule has 3 N–H and O–H groups in total. The topological polar surface area (TPSA) is 142 Å². The number of carbonyl (C=O) groups excluding carboxylic acids is 1. The van der Waals surface area contributed by atoms with Gasteiger partial charge in [0.15, 0.2) is 5.65 Å². The summed E-state index contributed by atoms with van der Waals surface area (Å²) in [5.41, 5.74) is 4.87. The van der Waals surface area contributed by atoms with E-state index in [1.807, 2.05) is 28.8 Å². The zero-order chi connectivity index (χ0) is 31.6. The smallest absolute Gasteiger partial charge is 0.258 e. The lowest BCUT2D eigenvalue weighted by molar-refractivity contribution is 0.102. The van der Waals surface area contributed by atoms with Crippen molar-refractivity contribution in [3.8, 4) is 17.9 Å². The molecule has 45 heavy (non-hydrogen) atoms. The van der Waals surface area contributed by atoms with E-state index in [-0.39, 0.29) is 5.56 Å². The van der Waals surface area contributed by atoms with Crippen LogP contribution >= 0.6 is 0 Å². The first-order valence-electron chi connectivity index (χ1n) is 13.9. The maximum atomic E-state index is 15.2. The van der Waals surface area contributed by atoms with E-state index in [9.17, 15) is 10.1 Å². The van der Waals surface area contributed by atoms with Crippen LogP contribution in [0.25, 0.3) is 5.65 Å². The van der Waals surface area contributed by atoms with Crippen molar-refractivity contribution in [1.82, 2.24) is 34.3 Å². The van der Waals surface area contributed by atoms with Crippen molar-refractivity contribution in [2.24, 2.45) is 0 Å². The summed E-state index contributed by atoms with van der Waals surface area (Å²) in [6, 6.07) is 14.2. The normalized spacial score (nSPS) is 11.1. The van der Waals surface area contributed by atoms with Crippen molar-refractivity contribution in [3.05, 3.63) is 119 Å². The number of nitrogens with one attached hydrogen (secondary N) is 3. The molecule has 2 aromatic carbocycles. The fourth-order valence-electron chi connectivity index (χ4n) is 4.77. The van der Waals surface area contributed by atoms with E-state index in [0.29, 0.717) is 40.3 Å². The van der Waals surface area contributed by atoms with Crippen LogP contribution in [0.15, 0.2) is 79.9 Å². The molecule has 222 valence electrons. The molecule has 4 heterocycles. The number of hydrogen-bond acceptors (Lipinski definition) is 7. The lowest BCUT2D eigenvalue weighted by Gasteiger charge is -2.19. The number of hydrogen-bond donors (Lipinski definition) is 3. The minimum Gasteiger partial charge on any atom is -0.350 e. The molecule has 1 amide bonds. The first kappa shape index (κ1) is 28.8. The number of fused-ring (bicyclic) bond motifs is 1. The highest BCUT2D eigenvalue weighted by Crippen LogP contribution is 2.28. The number of aromatic nitrogens is 7. The molecule has 0 spiro atoms. The number of aryl methyl sites for hydroxylation is 1. The van der Waals surface area contributed by atoms with E-state index in [2.05, 4.69) is 53.8 Å². The fraction of sp³-hybridized carbons (Fsp3) is 0.152. The molecule has 0 saturated carbocycles. The Morgan fingerprint density at radius 2 is 2.00 bits per heavy atom. The summed E-state index contributed by atoms with van der Waals surface area (Å²) < 4.78 is 18.6. The molecular weight excluding hydrogens is 571 g/mol. The number of imidazole rings is 1. The average molecular weight is 599 g/mol. The Balaban J connectivity index is 1.29. The predicted molar refractivity (Wildman–Crippen MR) is 166 cm³/mol. The SMILES string of the molecule is Cc1cc(F)c(C(=O)Nc2cc(Cn3cncn3)cc(C(C)(C)C#N)c2)cc1C#Cc1cnc2c(Nc3cn[nH]c3)cccn12. The van der Waals surface area contributed by atoms with Gasteiger partial charge < -0.3 is 10.6 Å². The van der Waals surface area contributed by atoms with Gasteiger partial charge in [-0.2, -0.15) is 15.5 Å². The predicted octanol–water partition coefficient (Wildman–Crippen LogP) is 5.34. The van der Waals surface area contributed by atoms with Crippen LogP contribution in [0.2, 0.25) is 0 Å². The van der Waals surface area contributed by atoms with E-state index in [1.54, 1.807) is 62.5 Å². The number of anilines is 3. The molecule has 6 aromatic rings. The fourth-order valence-corrected chi connectivity index (χ4v) is 4.77. The van der Waals surface area contributed by atoms with Crippen LogP contribution in [-0.4, -0.2) is 40.3 Å². The van der Waals surface area contributed by atoms with Crippen LogP contribution in [0, 0.1) is 35.9 Å². The third kappa shape index (κ3) is 6.12. The number of nitriles is 1. The summed E-state index contributed by atoms with van der Waals surface area (Å²) >= 11 is 0. The van der Waals surface area contributed by atoms with Gasteiger partial charge in [-0.05, 0) is 79.8 Å². The second-order valence-corrected chi connectivity index (χ2v) is 11.0. The summed E-state index contributed by atoms with van der Waals surface area (Å²) in [7, 11) is 0. The standard InChI is InChI=1S/C33H27FN10O/c1-21-9-29(34)28(32(45)42-25-11-22(17-43-20-36-19-40-43)10-24(13-25)33(2,3)18-35)12-23(21)6-7-27-16-37-31-30(5-4-8-44(27)31)41-26-14-38-39-15-26/h4-5,8-16,19-20,41H,17H2,1-3H3,(H,38,39)(H,42,45).